The maximum Gasteiger partial charge on any atom is 0.446 e. The second-order valence-electron chi connectivity index (χ2n) is 8.03. The van der Waals surface area contributed by atoms with Crippen molar-refractivity contribution in [2.45, 2.75) is 43.3 Å². The zero-order chi connectivity index (χ0) is 24.3. The van der Waals surface area contributed by atoms with Crippen molar-refractivity contribution < 1.29 is 32.6 Å². The standard InChI is InChI=1S/C24H24F3NO4S/c1-14(2)12-19(29)20-21(18-7-5-4-6-15(18)13-32-3)28(23(31)22(20)30)16-8-10-17(11-9-16)33-24(25,26)27/h4-11,14,21,30H,12-13H2,1-3H3. The molecule has 1 atom stereocenters. The van der Waals surface area contributed by atoms with Gasteiger partial charge in [0, 0.05) is 24.1 Å². The van der Waals surface area contributed by atoms with Gasteiger partial charge in [-0.05, 0) is 53.1 Å². The SMILES string of the molecule is COCc1ccccc1C1C(C(=O)CC(C)C)=C(O)C(=O)N1c1ccc(SC(F)(F)F)cc1. The Morgan fingerprint density at radius 1 is 1.15 bits per heavy atom. The molecule has 0 aliphatic carbocycles. The van der Waals surface area contributed by atoms with Crippen molar-refractivity contribution in [2.24, 2.45) is 5.92 Å². The van der Waals surface area contributed by atoms with Gasteiger partial charge in [0.1, 0.15) is 0 Å². The molecule has 1 amide bonds. The summed E-state index contributed by atoms with van der Waals surface area (Å²) in [6, 6.07) is 11.4. The predicted octanol–water partition coefficient (Wildman–Crippen LogP) is 5.96. The van der Waals surface area contributed by atoms with E-state index in [1.54, 1.807) is 24.3 Å². The highest BCUT2D eigenvalue weighted by molar-refractivity contribution is 8.00. The number of rotatable bonds is 8. The number of aliphatic hydroxyl groups is 1. The number of nitrogens with zero attached hydrogens (tertiary/aromatic N) is 1. The summed E-state index contributed by atoms with van der Waals surface area (Å²) in [7, 11) is 1.52. The van der Waals surface area contributed by atoms with E-state index in [0.29, 0.717) is 5.56 Å². The monoisotopic (exact) mass is 479 g/mol. The Labute approximate surface area is 194 Å². The molecular formula is C24H24F3NO4S. The van der Waals surface area contributed by atoms with Gasteiger partial charge in [-0.3, -0.25) is 14.5 Å². The van der Waals surface area contributed by atoms with E-state index in [4.69, 9.17) is 4.74 Å². The molecule has 5 nitrogen and oxygen atoms in total. The molecule has 0 aromatic heterocycles. The zero-order valence-corrected chi connectivity index (χ0v) is 19.2. The fourth-order valence-corrected chi connectivity index (χ4v) is 4.37. The summed E-state index contributed by atoms with van der Waals surface area (Å²) >= 11 is -0.262. The van der Waals surface area contributed by atoms with Gasteiger partial charge in [0.25, 0.3) is 5.91 Å². The Hall–Kier alpha value is -2.78. The molecule has 33 heavy (non-hydrogen) atoms. The lowest BCUT2D eigenvalue weighted by Gasteiger charge is -2.29. The summed E-state index contributed by atoms with van der Waals surface area (Å²) in [4.78, 5) is 27.4. The molecular weight excluding hydrogens is 455 g/mol. The number of hydrogen-bond donors (Lipinski definition) is 1. The van der Waals surface area contributed by atoms with Crippen LogP contribution in [0.4, 0.5) is 18.9 Å². The van der Waals surface area contributed by atoms with E-state index < -0.39 is 23.2 Å². The highest BCUT2D eigenvalue weighted by Gasteiger charge is 2.45. The highest BCUT2D eigenvalue weighted by atomic mass is 32.2. The van der Waals surface area contributed by atoms with Crippen LogP contribution < -0.4 is 4.90 Å². The summed E-state index contributed by atoms with van der Waals surface area (Å²) < 4.78 is 43.4. The summed E-state index contributed by atoms with van der Waals surface area (Å²) in [6.07, 6.45) is 0.130. The van der Waals surface area contributed by atoms with Crippen LogP contribution >= 0.6 is 11.8 Å². The molecule has 0 saturated heterocycles. The number of Topliss-reactive ketones (excluding diaryl/α,β-unsaturated/α-hetero) is 1. The van der Waals surface area contributed by atoms with Gasteiger partial charge in [0.2, 0.25) is 0 Å². The molecule has 0 radical (unpaired) electrons. The second kappa shape index (κ2) is 10.0. The maximum absolute atomic E-state index is 13.1. The first-order valence-corrected chi connectivity index (χ1v) is 11.1. The lowest BCUT2D eigenvalue weighted by atomic mass is 9.89. The zero-order valence-electron chi connectivity index (χ0n) is 18.3. The number of halogens is 3. The molecule has 3 rings (SSSR count). The Morgan fingerprint density at radius 2 is 1.79 bits per heavy atom. The van der Waals surface area contributed by atoms with E-state index in [0.717, 1.165) is 5.56 Å². The fourth-order valence-electron chi connectivity index (χ4n) is 3.83. The van der Waals surface area contributed by atoms with E-state index in [1.807, 2.05) is 13.8 Å². The molecule has 9 heteroatoms. The van der Waals surface area contributed by atoms with E-state index in [9.17, 15) is 27.9 Å². The number of ketones is 1. The van der Waals surface area contributed by atoms with Gasteiger partial charge < -0.3 is 9.84 Å². The summed E-state index contributed by atoms with van der Waals surface area (Å²) in [5.74, 6) is -1.79. The first kappa shape index (κ1) is 24.9. The van der Waals surface area contributed by atoms with E-state index in [-0.39, 0.29) is 52.6 Å². The number of methoxy groups -OCH3 is 1. The smallest absolute Gasteiger partial charge is 0.446 e. The second-order valence-corrected chi connectivity index (χ2v) is 9.17. The molecule has 1 heterocycles. The number of hydrogen-bond acceptors (Lipinski definition) is 5. The first-order valence-electron chi connectivity index (χ1n) is 10.3. The average Bonchev–Trinajstić information content (AvgIpc) is 2.98. The van der Waals surface area contributed by atoms with Crippen molar-refractivity contribution in [1.82, 2.24) is 0 Å². The third-order valence-corrected chi connectivity index (χ3v) is 5.84. The minimum Gasteiger partial charge on any atom is -0.503 e. The average molecular weight is 480 g/mol. The van der Waals surface area contributed by atoms with Gasteiger partial charge in [-0.25, -0.2) is 0 Å². The number of carbonyl (C=O) groups is 2. The van der Waals surface area contributed by atoms with Gasteiger partial charge in [-0.15, -0.1) is 0 Å². The highest BCUT2D eigenvalue weighted by Crippen LogP contribution is 2.44. The minimum absolute atomic E-state index is 0.00417. The van der Waals surface area contributed by atoms with Gasteiger partial charge in [0.15, 0.2) is 11.5 Å². The van der Waals surface area contributed by atoms with Crippen LogP contribution in [0, 0.1) is 5.92 Å². The number of anilines is 1. The molecule has 2 aromatic carbocycles. The van der Waals surface area contributed by atoms with Crippen LogP contribution in [-0.2, 0) is 20.9 Å². The number of benzene rings is 2. The Morgan fingerprint density at radius 3 is 2.36 bits per heavy atom. The predicted molar refractivity (Wildman–Crippen MR) is 120 cm³/mol. The third kappa shape index (κ3) is 5.59. The molecule has 176 valence electrons. The van der Waals surface area contributed by atoms with E-state index in [2.05, 4.69) is 0 Å². The Kier molecular flexibility index (Phi) is 7.54. The third-order valence-electron chi connectivity index (χ3n) is 5.10. The Balaban J connectivity index is 2.11. The lowest BCUT2D eigenvalue weighted by Crippen LogP contribution is -2.31. The number of carbonyl (C=O) groups excluding carboxylic acids is 2. The van der Waals surface area contributed by atoms with Crippen molar-refractivity contribution in [3.63, 3.8) is 0 Å². The van der Waals surface area contributed by atoms with E-state index >= 15 is 0 Å². The lowest BCUT2D eigenvalue weighted by molar-refractivity contribution is -0.118. The summed E-state index contributed by atoms with van der Waals surface area (Å²) in [5, 5.41) is 10.7. The van der Waals surface area contributed by atoms with Crippen LogP contribution in [0.2, 0.25) is 0 Å². The number of alkyl halides is 3. The molecule has 0 bridgehead atoms. The topological polar surface area (TPSA) is 66.8 Å². The molecule has 0 saturated carbocycles. The quantitative estimate of drug-likeness (QED) is 0.473. The Bertz CT molecular complexity index is 1060. The summed E-state index contributed by atoms with van der Waals surface area (Å²) in [5.41, 5.74) is -2.88. The molecule has 0 fully saturated rings. The number of thioether (sulfide) groups is 1. The molecule has 1 unspecified atom stereocenters. The van der Waals surface area contributed by atoms with Gasteiger partial charge in [0.05, 0.1) is 18.2 Å². The van der Waals surface area contributed by atoms with E-state index in [1.165, 1.54) is 36.3 Å². The number of aliphatic hydroxyl groups excluding tert-OH is 1. The minimum atomic E-state index is -4.44. The summed E-state index contributed by atoms with van der Waals surface area (Å²) in [6.45, 7) is 3.92. The van der Waals surface area contributed by atoms with Crippen LogP contribution in [0.1, 0.15) is 37.4 Å². The normalized spacial score (nSPS) is 16.8. The van der Waals surface area contributed by atoms with Crippen molar-refractivity contribution in [3.8, 4) is 0 Å². The number of amides is 1. The molecule has 2 aromatic rings. The van der Waals surface area contributed by atoms with Crippen LogP contribution in [0.15, 0.2) is 64.8 Å². The van der Waals surface area contributed by atoms with Gasteiger partial charge >= 0.3 is 5.51 Å². The molecule has 1 N–H and O–H groups in total. The molecule has 0 spiro atoms. The fraction of sp³-hybridized carbons (Fsp3) is 0.333. The van der Waals surface area contributed by atoms with Gasteiger partial charge in [-0.2, -0.15) is 13.2 Å². The first-order chi connectivity index (χ1) is 15.5. The maximum atomic E-state index is 13.1. The van der Waals surface area contributed by atoms with Crippen molar-refractivity contribution in [2.75, 3.05) is 12.0 Å². The van der Waals surface area contributed by atoms with Crippen LogP contribution in [0.25, 0.3) is 0 Å². The molecule has 1 aliphatic heterocycles. The van der Waals surface area contributed by atoms with Crippen molar-refractivity contribution in [1.29, 1.82) is 0 Å². The number of ether oxygens (including phenoxy) is 1. The van der Waals surface area contributed by atoms with Crippen LogP contribution in [-0.4, -0.2) is 29.4 Å². The van der Waals surface area contributed by atoms with Crippen LogP contribution in [0.3, 0.4) is 0 Å². The largest absolute Gasteiger partial charge is 0.503 e. The van der Waals surface area contributed by atoms with Crippen molar-refractivity contribution >= 4 is 29.1 Å². The molecule has 1 aliphatic rings. The van der Waals surface area contributed by atoms with Crippen molar-refractivity contribution in [3.05, 3.63) is 71.0 Å². The van der Waals surface area contributed by atoms with Crippen LogP contribution in [0.5, 0.6) is 0 Å². The van der Waals surface area contributed by atoms with Gasteiger partial charge in [-0.1, -0.05) is 38.1 Å².